The summed E-state index contributed by atoms with van der Waals surface area (Å²) in [6.07, 6.45) is 5.21. The third-order valence-corrected chi connectivity index (χ3v) is 5.84. The molecule has 1 aromatic carbocycles. The number of hydrogen-bond acceptors (Lipinski definition) is 5. The summed E-state index contributed by atoms with van der Waals surface area (Å²) >= 11 is 0. The van der Waals surface area contributed by atoms with Gasteiger partial charge in [-0.3, -0.25) is 4.79 Å². The number of aromatic nitrogens is 4. The molecule has 3 aromatic rings. The maximum Gasteiger partial charge on any atom is 0.268 e. The fraction of sp³-hybridized carbons (Fsp3) is 0.500. The minimum atomic E-state index is 0.110. The van der Waals surface area contributed by atoms with E-state index in [0.29, 0.717) is 35.0 Å². The summed E-state index contributed by atoms with van der Waals surface area (Å²) in [6.45, 7) is 9.11. The number of benzene rings is 1. The molecule has 7 nitrogen and oxygen atoms in total. The summed E-state index contributed by atoms with van der Waals surface area (Å²) in [5.41, 5.74) is 3.28. The highest BCUT2D eigenvalue weighted by Crippen LogP contribution is 2.25. The molecule has 1 saturated heterocycles. The highest BCUT2D eigenvalue weighted by Gasteiger charge is 2.26. The van der Waals surface area contributed by atoms with E-state index in [1.54, 1.807) is 6.92 Å². The number of likely N-dealkylation sites (tertiary alicyclic amines) is 1. The first kappa shape index (κ1) is 21.3. The van der Waals surface area contributed by atoms with Gasteiger partial charge in [0.1, 0.15) is 5.69 Å². The number of aryl methyl sites for hydroxylation is 1. The van der Waals surface area contributed by atoms with Crippen LogP contribution in [0.5, 0.6) is 0 Å². The van der Waals surface area contributed by atoms with E-state index in [0.717, 1.165) is 43.6 Å². The lowest BCUT2D eigenvalue weighted by molar-refractivity contribution is 0.0608. The van der Waals surface area contributed by atoms with Crippen LogP contribution >= 0.6 is 0 Å². The van der Waals surface area contributed by atoms with Crippen molar-refractivity contribution in [2.75, 3.05) is 6.54 Å². The number of nitrogens with zero attached hydrogens (tertiary/aromatic N) is 5. The zero-order chi connectivity index (χ0) is 22.0. The average molecular weight is 422 g/mol. The highest BCUT2D eigenvalue weighted by molar-refractivity contribution is 5.95. The second-order valence-electron chi connectivity index (χ2n) is 8.76. The first-order chi connectivity index (χ1) is 15.0. The Morgan fingerprint density at radius 1 is 1.23 bits per heavy atom. The van der Waals surface area contributed by atoms with Gasteiger partial charge in [-0.1, -0.05) is 26.8 Å². The van der Waals surface area contributed by atoms with Gasteiger partial charge in [-0.05, 0) is 62.3 Å². The Morgan fingerprint density at radius 3 is 2.77 bits per heavy atom. The van der Waals surface area contributed by atoms with E-state index in [4.69, 9.17) is 9.52 Å². The Bertz CT molecular complexity index is 1050. The van der Waals surface area contributed by atoms with Gasteiger partial charge < -0.3 is 9.32 Å². The molecule has 1 aliphatic rings. The van der Waals surface area contributed by atoms with E-state index in [9.17, 15) is 4.79 Å². The molecule has 0 spiro atoms. The van der Waals surface area contributed by atoms with Crippen LogP contribution in [0.15, 0.2) is 34.7 Å². The molecule has 4 rings (SSSR count). The van der Waals surface area contributed by atoms with Crippen LogP contribution in [0.4, 0.5) is 0 Å². The van der Waals surface area contributed by atoms with E-state index in [1.807, 2.05) is 39.9 Å². The molecule has 0 aliphatic carbocycles. The van der Waals surface area contributed by atoms with Crippen LogP contribution in [0.1, 0.15) is 68.4 Å². The van der Waals surface area contributed by atoms with Crippen LogP contribution in [0, 0.1) is 12.8 Å². The van der Waals surface area contributed by atoms with Crippen molar-refractivity contribution in [3.8, 4) is 17.3 Å². The number of rotatable bonds is 6. The van der Waals surface area contributed by atoms with Crippen LogP contribution in [-0.2, 0) is 6.42 Å². The predicted molar refractivity (Wildman–Crippen MR) is 119 cm³/mol. The van der Waals surface area contributed by atoms with Crippen molar-refractivity contribution in [1.29, 1.82) is 0 Å². The zero-order valence-electron chi connectivity index (χ0n) is 18.8. The molecule has 1 atom stereocenters. The van der Waals surface area contributed by atoms with Gasteiger partial charge >= 0.3 is 0 Å². The largest absolute Gasteiger partial charge is 0.420 e. The summed E-state index contributed by atoms with van der Waals surface area (Å²) in [4.78, 5) is 15.4. The number of carbonyl (C=O) groups excluding carboxylic acids is 1. The number of hydrogen-bond donors (Lipinski definition) is 0. The van der Waals surface area contributed by atoms with E-state index in [2.05, 4.69) is 31.0 Å². The number of carbonyl (C=O) groups is 1. The highest BCUT2D eigenvalue weighted by atomic mass is 16.4. The summed E-state index contributed by atoms with van der Waals surface area (Å²) in [5, 5.41) is 12.8. The van der Waals surface area contributed by atoms with Gasteiger partial charge in [0.05, 0.1) is 5.69 Å². The Morgan fingerprint density at radius 2 is 2.06 bits per heavy atom. The Labute approximate surface area is 183 Å². The van der Waals surface area contributed by atoms with E-state index in [1.165, 1.54) is 6.42 Å². The summed E-state index contributed by atoms with van der Waals surface area (Å²) in [7, 11) is 0. The van der Waals surface area contributed by atoms with Crippen molar-refractivity contribution in [1.82, 2.24) is 24.9 Å². The first-order valence-electron chi connectivity index (χ1n) is 11.3. The van der Waals surface area contributed by atoms with Gasteiger partial charge in [-0.2, -0.15) is 5.10 Å². The van der Waals surface area contributed by atoms with Crippen molar-refractivity contribution in [2.24, 2.45) is 5.92 Å². The molecular weight excluding hydrogens is 390 g/mol. The molecule has 2 aromatic heterocycles. The number of piperidine rings is 1. The lowest BCUT2D eigenvalue weighted by Crippen LogP contribution is -2.43. The van der Waals surface area contributed by atoms with Crippen molar-refractivity contribution in [2.45, 2.75) is 65.8 Å². The molecule has 0 saturated carbocycles. The van der Waals surface area contributed by atoms with Gasteiger partial charge in [0.25, 0.3) is 11.8 Å². The second-order valence-corrected chi connectivity index (χ2v) is 8.76. The maximum absolute atomic E-state index is 13.3. The fourth-order valence-corrected chi connectivity index (χ4v) is 4.34. The predicted octanol–water partition coefficient (Wildman–Crippen LogP) is 4.83. The molecule has 0 radical (unpaired) electrons. The standard InChI is InChI=1S/C24H31N5O2/c1-5-19-10-6-7-12-28(19)24(30)18-9-8-11-20(14-18)29-21(13-16(2)3)15-22(27-29)23-26-25-17(4)31-23/h8-9,11,14-16,19H,5-7,10,12-13H2,1-4H3/t19-/m0/s1. The monoisotopic (exact) mass is 421 g/mol. The molecule has 0 N–H and O–H groups in total. The van der Waals surface area contributed by atoms with Crippen molar-refractivity contribution < 1.29 is 9.21 Å². The molecule has 7 heteroatoms. The quantitative estimate of drug-likeness (QED) is 0.569. The fourth-order valence-electron chi connectivity index (χ4n) is 4.34. The first-order valence-corrected chi connectivity index (χ1v) is 11.3. The van der Waals surface area contributed by atoms with Gasteiger partial charge in [0.2, 0.25) is 5.89 Å². The summed E-state index contributed by atoms with van der Waals surface area (Å²) in [5.74, 6) is 1.48. The van der Waals surface area contributed by atoms with Crippen LogP contribution in [0.3, 0.4) is 0 Å². The SMILES string of the molecule is CC[C@H]1CCCCN1C(=O)c1cccc(-n2nc(-c3nnc(C)o3)cc2CC(C)C)c1. The Balaban J connectivity index is 1.69. The second kappa shape index (κ2) is 9.04. The molecule has 0 bridgehead atoms. The van der Waals surface area contributed by atoms with Crippen molar-refractivity contribution >= 4 is 5.91 Å². The van der Waals surface area contributed by atoms with Crippen molar-refractivity contribution in [3.05, 3.63) is 47.5 Å². The molecule has 1 aliphatic heterocycles. The lowest BCUT2D eigenvalue weighted by Gasteiger charge is -2.35. The smallest absolute Gasteiger partial charge is 0.268 e. The van der Waals surface area contributed by atoms with E-state index >= 15 is 0 Å². The number of amides is 1. The molecule has 0 unspecified atom stereocenters. The minimum absolute atomic E-state index is 0.110. The molecule has 1 fully saturated rings. The van der Waals surface area contributed by atoms with Crippen LogP contribution < -0.4 is 0 Å². The maximum atomic E-state index is 13.3. The molecule has 164 valence electrons. The topological polar surface area (TPSA) is 77.1 Å². The van der Waals surface area contributed by atoms with E-state index in [-0.39, 0.29) is 5.91 Å². The molecule has 31 heavy (non-hydrogen) atoms. The van der Waals surface area contributed by atoms with Crippen molar-refractivity contribution in [3.63, 3.8) is 0 Å². The van der Waals surface area contributed by atoms with E-state index < -0.39 is 0 Å². The molecule has 1 amide bonds. The normalized spacial score (nSPS) is 16.8. The van der Waals surface area contributed by atoms with Crippen LogP contribution in [0.25, 0.3) is 17.3 Å². The summed E-state index contributed by atoms with van der Waals surface area (Å²) < 4.78 is 7.49. The van der Waals surface area contributed by atoms with Gasteiger partial charge in [0, 0.05) is 30.8 Å². The van der Waals surface area contributed by atoms with Gasteiger partial charge in [-0.25, -0.2) is 4.68 Å². The van der Waals surface area contributed by atoms with Gasteiger partial charge in [-0.15, -0.1) is 10.2 Å². The van der Waals surface area contributed by atoms with Crippen LogP contribution in [-0.4, -0.2) is 43.4 Å². The average Bonchev–Trinajstić information content (AvgIpc) is 3.39. The minimum Gasteiger partial charge on any atom is -0.420 e. The third kappa shape index (κ3) is 4.55. The third-order valence-electron chi connectivity index (χ3n) is 5.84. The molecule has 3 heterocycles. The Hall–Kier alpha value is -2.96. The summed E-state index contributed by atoms with van der Waals surface area (Å²) in [6, 6.07) is 10.1. The van der Waals surface area contributed by atoms with Gasteiger partial charge in [0.15, 0.2) is 0 Å². The van der Waals surface area contributed by atoms with Crippen LogP contribution in [0.2, 0.25) is 0 Å². The Kier molecular flexibility index (Phi) is 6.20. The zero-order valence-corrected chi connectivity index (χ0v) is 18.8. The molecular formula is C24H31N5O2. The lowest BCUT2D eigenvalue weighted by atomic mass is 9.99.